The molecule has 2 aliphatic rings. The summed E-state index contributed by atoms with van der Waals surface area (Å²) < 4.78 is 26.7. The summed E-state index contributed by atoms with van der Waals surface area (Å²) in [4.78, 5) is 0.435. The highest BCUT2D eigenvalue weighted by atomic mass is 32.2. The van der Waals surface area contributed by atoms with Crippen LogP contribution in [0.1, 0.15) is 31.2 Å². The third kappa shape index (κ3) is 2.25. The molecule has 4 nitrogen and oxygen atoms in total. The van der Waals surface area contributed by atoms with Crippen molar-refractivity contribution in [2.75, 3.05) is 18.9 Å². The van der Waals surface area contributed by atoms with Gasteiger partial charge in [-0.3, -0.25) is 0 Å². The lowest BCUT2D eigenvalue weighted by molar-refractivity contribution is 0.249. The number of nitrogens with one attached hydrogen (secondary N) is 1. The Morgan fingerprint density at radius 1 is 1.26 bits per heavy atom. The standard InChI is InChI=1S/C14H20N2O2S/c1-16(12-5-2-6-12)19(17,18)13-7-8-14-11(10-13)4-3-9-15-14/h7-8,10,12,15H,2-6,9H2,1H3. The van der Waals surface area contributed by atoms with Crippen LogP contribution in [0.2, 0.25) is 0 Å². The van der Waals surface area contributed by atoms with E-state index in [0.717, 1.165) is 49.9 Å². The van der Waals surface area contributed by atoms with E-state index >= 15 is 0 Å². The van der Waals surface area contributed by atoms with Gasteiger partial charge in [-0.1, -0.05) is 6.42 Å². The largest absolute Gasteiger partial charge is 0.385 e. The molecule has 0 amide bonds. The highest BCUT2D eigenvalue weighted by Crippen LogP contribution is 2.30. The molecule has 0 aromatic heterocycles. The van der Waals surface area contributed by atoms with Gasteiger partial charge >= 0.3 is 0 Å². The number of rotatable bonds is 3. The van der Waals surface area contributed by atoms with Crippen LogP contribution in [-0.2, 0) is 16.4 Å². The van der Waals surface area contributed by atoms with Crippen molar-refractivity contribution in [2.24, 2.45) is 0 Å². The molecular formula is C14H20N2O2S. The third-order valence-electron chi connectivity index (χ3n) is 4.28. The van der Waals surface area contributed by atoms with Gasteiger partial charge in [-0.05, 0) is 49.4 Å². The Labute approximate surface area is 114 Å². The zero-order valence-electron chi connectivity index (χ0n) is 11.2. The molecule has 0 radical (unpaired) electrons. The minimum Gasteiger partial charge on any atom is -0.385 e. The Morgan fingerprint density at radius 2 is 2.05 bits per heavy atom. The van der Waals surface area contributed by atoms with Crippen LogP contribution in [0.25, 0.3) is 0 Å². The first-order chi connectivity index (χ1) is 9.09. The number of benzene rings is 1. The zero-order valence-corrected chi connectivity index (χ0v) is 12.0. The molecular weight excluding hydrogens is 260 g/mol. The van der Waals surface area contributed by atoms with E-state index in [0.29, 0.717) is 4.90 Å². The SMILES string of the molecule is CN(C1CCC1)S(=O)(=O)c1ccc2c(c1)CCCN2. The first kappa shape index (κ1) is 12.9. The van der Waals surface area contributed by atoms with Gasteiger partial charge in [0.05, 0.1) is 4.90 Å². The summed E-state index contributed by atoms with van der Waals surface area (Å²) in [6, 6.07) is 5.66. The molecule has 0 bridgehead atoms. The number of sulfonamides is 1. The normalized spacial score (nSPS) is 19.7. The molecule has 1 saturated carbocycles. The topological polar surface area (TPSA) is 49.4 Å². The molecule has 1 fully saturated rings. The summed E-state index contributed by atoms with van der Waals surface area (Å²) in [5.74, 6) is 0. The van der Waals surface area contributed by atoms with Gasteiger partial charge in [0, 0.05) is 25.3 Å². The van der Waals surface area contributed by atoms with E-state index in [1.54, 1.807) is 17.4 Å². The second-order valence-electron chi connectivity index (χ2n) is 5.46. The molecule has 0 unspecified atom stereocenters. The van der Waals surface area contributed by atoms with Crippen molar-refractivity contribution in [3.63, 3.8) is 0 Å². The van der Waals surface area contributed by atoms with E-state index in [1.165, 1.54) is 0 Å². The summed E-state index contributed by atoms with van der Waals surface area (Å²) in [7, 11) is -1.62. The quantitative estimate of drug-likeness (QED) is 0.923. The maximum absolute atomic E-state index is 12.6. The Kier molecular flexibility index (Phi) is 3.27. The van der Waals surface area contributed by atoms with Crippen molar-refractivity contribution in [3.05, 3.63) is 23.8 Å². The second-order valence-corrected chi connectivity index (χ2v) is 7.45. The van der Waals surface area contributed by atoms with Gasteiger partial charge < -0.3 is 5.32 Å². The minimum atomic E-state index is -3.33. The summed E-state index contributed by atoms with van der Waals surface area (Å²) in [5, 5.41) is 3.31. The van der Waals surface area contributed by atoms with Crippen LogP contribution in [-0.4, -0.2) is 32.4 Å². The molecule has 0 atom stereocenters. The molecule has 3 rings (SSSR count). The fraction of sp³-hybridized carbons (Fsp3) is 0.571. The van der Waals surface area contributed by atoms with Crippen molar-refractivity contribution in [1.82, 2.24) is 4.31 Å². The first-order valence-corrected chi connectivity index (χ1v) is 8.38. The van der Waals surface area contributed by atoms with E-state index in [9.17, 15) is 8.42 Å². The summed E-state index contributed by atoms with van der Waals surface area (Å²) in [5.41, 5.74) is 2.20. The molecule has 1 aliphatic carbocycles. The Balaban J connectivity index is 1.92. The maximum Gasteiger partial charge on any atom is 0.243 e. The number of fused-ring (bicyclic) bond motifs is 1. The molecule has 19 heavy (non-hydrogen) atoms. The van der Waals surface area contributed by atoms with Crippen LogP contribution in [0.4, 0.5) is 5.69 Å². The molecule has 1 aromatic carbocycles. The predicted octanol–water partition coefficient (Wildman–Crippen LogP) is 2.22. The number of hydrogen-bond acceptors (Lipinski definition) is 3. The Morgan fingerprint density at radius 3 is 2.74 bits per heavy atom. The predicted molar refractivity (Wildman–Crippen MR) is 75.8 cm³/mol. The van der Waals surface area contributed by atoms with Crippen LogP contribution in [0, 0.1) is 0 Å². The van der Waals surface area contributed by atoms with E-state index < -0.39 is 10.0 Å². The van der Waals surface area contributed by atoms with Crippen LogP contribution in [0.3, 0.4) is 0 Å². The number of aryl methyl sites for hydroxylation is 1. The van der Waals surface area contributed by atoms with E-state index in [-0.39, 0.29) is 6.04 Å². The van der Waals surface area contributed by atoms with E-state index in [1.807, 2.05) is 12.1 Å². The molecule has 0 saturated heterocycles. The highest BCUT2D eigenvalue weighted by Gasteiger charge is 2.32. The molecule has 1 heterocycles. The number of nitrogens with zero attached hydrogens (tertiary/aromatic N) is 1. The third-order valence-corrected chi connectivity index (χ3v) is 6.19. The Bertz CT molecular complexity index is 579. The lowest BCUT2D eigenvalue weighted by atomic mass is 9.94. The van der Waals surface area contributed by atoms with Crippen molar-refractivity contribution >= 4 is 15.7 Å². The monoisotopic (exact) mass is 280 g/mol. The molecule has 1 N–H and O–H groups in total. The van der Waals surface area contributed by atoms with Crippen molar-refractivity contribution < 1.29 is 8.42 Å². The van der Waals surface area contributed by atoms with Gasteiger partial charge in [-0.15, -0.1) is 0 Å². The lowest BCUT2D eigenvalue weighted by Gasteiger charge is -2.34. The lowest BCUT2D eigenvalue weighted by Crippen LogP contribution is -2.41. The summed E-state index contributed by atoms with van der Waals surface area (Å²) in [6.45, 7) is 0.973. The molecule has 0 spiro atoms. The molecule has 1 aromatic rings. The molecule has 104 valence electrons. The number of hydrogen-bond donors (Lipinski definition) is 1. The average molecular weight is 280 g/mol. The van der Waals surface area contributed by atoms with Crippen molar-refractivity contribution in [2.45, 2.75) is 43.0 Å². The van der Waals surface area contributed by atoms with Gasteiger partial charge in [-0.25, -0.2) is 8.42 Å². The maximum atomic E-state index is 12.6. The number of anilines is 1. The van der Waals surface area contributed by atoms with Crippen LogP contribution >= 0.6 is 0 Å². The van der Waals surface area contributed by atoms with Crippen molar-refractivity contribution in [3.8, 4) is 0 Å². The zero-order chi connectivity index (χ0) is 13.5. The van der Waals surface area contributed by atoms with Gasteiger partial charge in [-0.2, -0.15) is 4.31 Å². The van der Waals surface area contributed by atoms with Gasteiger partial charge in [0.1, 0.15) is 0 Å². The van der Waals surface area contributed by atoms with E-state index in [4.69, 9.17) is 0 Å². The first-order valence-electron chi connectivity index (χ1n) is 6.94. The van der Waals surface area contributed by atoms with Crippen LogP contribution in [0.15, 0.2) is 23.1 Å². The smallest absolute Gasteiger partial charge is 0.243 e. The Hall–Kier alpha value is -1.07. The van der Waals surface area contributed by atoms with Crippen LogP contribution in [0.5, 0.6) is 0 Å². The van der Waals surface area contributed by atoms with Gasteiger partial charge in [0.15, 0.2) is 0 Å². The highest BCUT2D eigenvalue weighted by molar-refractivity contribution is 7.89. The minimum absolute atomic E-state index is 0.194. The van der Waals surface area contributed by atoms with E-state index in [2.05, 4.69) is 5.32 Å². The molecule has 1 aliphatic heterocycles. The van der Waals surface area contributed by atoms with Crippen molar-refractivity contribution in [1.29, 1.82) is 0 Å². The summed E-state index contributed by atoms with van der Waals surface area (Å²) >= 11 is 0. The van der Waals surface area contributed by atoms with Gasteiger partial charge in [0.2, 0.25) is 10.0 Å². The average Bonchev–Trinajstić information content (AvgIpc) is 2.36. The molecule has 5 heteroatoms. The summed E-state index contributed by atoms with van der Waals surface area (Å²) in [6.07, 6.45) is 5.14. The second kappa shape index (κ2) is 4.80. The fourth-order valence-electron chi connectivity index (χ4n) is 2.72. The van der Waals surface area contributed by atoms with Crippen LogP contribution < -0.4 is 5.32 Å². The van der Waals surface area contributed by atoms with Gasteiger partial charge in [0.25, 0.3) is 0 Å². The fourth-order valence-corrected chi connectivity index (χ4v) is 4.19.